The Kier molecular flexibility index (Phi) is 4.52. The van der Waals surface area contributed by atoms with Crippen molar-refractivity contribution >= 4 is 5.69 Å². The van der Waals surface area contributed by atoms with E-state index in [1.54, 1.807) is 18.2 Å². The number of hydrogen-bond donors (Lipinski definition) is 1. The molecule has 0 spiro atoms. The average molecular weight is 275 g/mol. The number of ether oxygens (including phenoxy) is 2. The molecule has 6 heteroatoms. The zero-order valence-electron chi connectivity index (χ0n) is 10.4. The number of halogens is 3. The average Bonchev–Trinajstić information content (AvgIpc) is 2.87. The van der Waals surface area contributed by atoms with Crippen molar-refractivity contribution in [3.63, 3.8) is 0 Å². The normalized spacial score (nSPS) is 19.4. The molecule has 106 valence electrons. The molecule has 1 saturated heterocycles. The van der Waals surface area contributed by atoms with E-state index in [1.165, 1.54) is 6.07 Å². The van der Waals surface area contributed by atoms with Gasteiger partial charge in [0.2, 0.25) is 0 Å². The first kappa shape index (κ1) is 14.0. The highest BCUT2D eigenvalue weighted by Crippen LogP contribution is 2.26. The van der Waals surface area contributed by atoms with Gasteiger partial charge in [-0.05, 0) is 25.0 Å². The Labute approximate surface area is 109 Å². The molecule has 0 aliphatic carbocycles. The summed E-state index contributed by atoms with van der Waals surface area (Å²) in [4.78, 5) is 0. The van der Waals surface area contributed by atoms with E-state index in [0.29, 0.717) is 12.2 Å². The second-order valence-electron chi connectivity index (χ2n) is 4.42. The second kappa shape index (κ2) is 6.14. The smallest absolute Gasteiger partial charge is 0.422 e. The van der Waals surface area contributed by atoms with E-state index >= 15 is 0 Å². The van der Waals surface area contributed by atoms with Gasteiger partial charge in [0, 0.05) is 13.2 Å². The van der Waals surface area contributed by atoms with Crippen LogP contribution < -0.4 is 10.1 Å². The standard InChI is InChI=1S/C13H16F3NO2/c14-13(15,16)9-19-12-6-2-1-5-11(12)17-8-10-4-3-7-18-10/h1-2,5-6,10,17H,3-4,7-9H2. The molecule has 0 radical (unpaired) electrons. The Hall–Kier alpha value is -1.43. The lowest BCUT2D eigenvalue weighted by Crippen LogP contribution is -2.21. The van der Waals surface area contributed by atoms with Crippen molar-refractivity contribution in [3.05, 3.63) is 24.3 Å². The fourth-order valence-corrected chi connectivity index (χ4v) is 1.93. The van der Waals surface area contributed by atoms with Crippen LogP contribution >= 0.6 is 0 Å². The van der Waals surface area contributed by atoms with Crippen LogP contribution in [0.25, 0.3) is 0 Å². The molecule has 1 aliphatic rings. The van der Waals surface area contributed by atoms with Gasteiger partial charge in [0.05, 0.1) is 11.8 Å². The first-order chi connectivity index (χ1) is 9.04. The third-order valence-corrected chi connectivity index (χ3v) is 2.82. The number of benzene rings is 1. The van der Waals surface area contributed by atoms with Gasteiger partial charge in [-0.15, -0.1) is 0 Å². The molecule has 2 rings (SSSR count). The Morgan fingerprint density at radius 1 is 1.32 bits per heavy atom. The highest BCUT2D eigenvalue weighted by Gasteiger charge is 2.28. The zero-order valence-corrected chi connectivity index (χ0v) is 10.4. The lowest BCUT2D eigenvalue weighted by molar-refractivity contribution is -0.153. The topological polar surface area (TPSA) is 30.5 Å². The molecule has 1 aromatic rings. The van der Waals surface area contributed by atoms with Crippen LogP contribution in [-0.4, -0.2) is 32.0 Å². The minimum Gasteiger partial charge on any atom is -0.482 e. The van der Waals surface area contributed by atoms with Crippen molar-refractivity contribution in [3.8, 4) is 5.75 Å². The van der Waals surface area contributed by atoms with E-state index in [9.17, 15) is 13.2 Å². The van der Waals surface area contributed by atoms with Crippen LogP contribution in [0.1, 0.15) is 12.8 Å². The molecule has 1 fully saturated rings. The Bertz CT molecular complexity index is 403. The van der Waals surface area contributed by atoms with Crippen LogP contribution in [-0.2, 0) is 4.74 Å². The number of nitrogens with one attached hydrogen (secondary N) is 1. The lowest BCUT2D eigenvalue weighted by Gasteiger charge is -2.16. The van der Waals surface area contributed by atoms with Crippen LogP contribution in [0.2, 0.25) is 0 Å². The zero-order chi connectivity index (χ0) is 13.7. The molecular formula is C13H16F3NO2. The number of hydrogen-bond acceptors (Lipinski definition) is 3. The molecule has 1 unspecified atom stereocenters. The largest absolute Gasteiger partial charge is 0.482 e. The summed E-state index contributed by atoms with van der Waals surface area (Å²) in [6.07, 6.45) is -2.21. The minimum absolute atomic E-state index is 0.121. The lowest BCUT2D eigenvalue weighted by atomic mass is 10.2. The van der Waals surface area contributed by atoms with Crippen LogP contribution in [0.15, 0.2) is 24.3 Å². The van der Waals surface area contributed by atoms with E-state index in [0.717, 1.165) is 19.4 Å². The number of alkyl halides is 3. The summed E-state index contributed by atoms with van der Waals surface area (Å²) in [6.45, 7) is 0.0383. The van der Waals surface area contributed by atoms with Crippen molar-refractivity contribution in [1.29, 1.82) is 0 Å². The monoisotopic (exact) mass is 275 g/mol. The van der Waals surface area contributed by atoms with Gasteiger partial charge in [-0.3, -0.25) is 0 Å². The molecule has 0 saturated carbocycles. The molecule has 0 aromatic heterocycles. The van der Waals surface area contributed by atoms with Gasteiger partial charge in [0.15, 0.2) is 6.61 Å². The Balaban J connectivity index is 1.91. The maximum absolute atomic E-state index is 12.1. The van der Waals surface area contributed by atoms with E-state index in [4.69, 9.17) is 9.47 Å². The fourth-order valence-electron chi connectivity index (χ4n) is 1.93. The highest BCUT2D eigenvalue weighted by molar-refractivity contribution is 5.56. The quantitative estimate of drug-likeness (QED) is 0.895. The van der Waals surface area contributed by atoms with Crippen LogP contribution in [0.4, 0.5) is 18.9 Å². The molecule has 0 amide bonds. The Morgan fingerprint density at radius 2 is 2.11 bits per heavy atom. The maximum Gasteiger partial charge on any atom is 0.422 e. The molecule has 1 aliphatic heterocycles. The van der Waals surface area contributed by atoms with Crippen molar-refractivity contribution in [2.45, 2.75) is 25.1 Å². The van der Waals surface area contributed by atoms with Crippen molar-refractivity contribution in [2.75, 3.05) is 25.1 Å². The molecule has 1 N–H and O–H groups in total. The minimum atomic E-state index is -4.33. The molecule has 19 heavy (non-hydrogen) atoms. The molecule has 3 nitrogen and oxygen atoms in total. The van der Waals surface area contributed by atoms with Gasteiger partial charge in [0.25, 0.3) is 0 Å². The SMILES string of the molecule is FC(F)(F)COc1ccccc1NCC1CCCO1. The van der Waals surface area contributed by atoms with Crippen LogP contribution in [0, 0.1) is 0 Å². The summed E-state index contributed by atoms with van der Waals surface area (Å²) in [5.74, 6) is 0.206. The van der Waals surface area contributed by atoms with Gasteiger partial charge in [-0.25, -0.2) is 0 Å². The summed E-state index contributed by atoms with van der Waals surface area (Å²) in [6, 6.07) is 6.60. The number of anilines is 1. The summed E-state index contributed by atoms with van der Waals surface area (Å²) in [5.41, 5.74) is 0.558. The van der Waals surface area contributed by atoms with Gasteiger partial charge in [-0.2, -0.15) is 13.2 Å². The van der Waals surface area contributed by atoms with Crippen molar-refractivity contribution in [2.24, 2.45) is 0 Å². The molecule has 0 bridgehead atoms. The number of para-hydroxylation sites is 2. The predicted octanol–water partition coefficient (Wildman–Crippen LogP) is 3.22. The maximum atomic E-state index is 12.1. The molecule has 1 aromatic carbocycles. The summed E-state index contributed by atoms with van der Waals surface area (Å²) < 4.78 is 46.7. The van der Waals surface area contributed by atoms with Gasteiger partial charge in [-0.1, -0.05) is 12.1 Å². The van der Waals surface area contributed by atoms with Gasteiger partial charge >= 0.3 is 6.18 Å². The van der Waals surface area contributed by atoms with Crippen LogP contribution in [0.3, 0.4) is 0 Å². The molecule has 1 heterocycles. The number of rotatable bonds is 5. The van der Waals surface area contributed by atoms with E-state index < -0.39 is 12.8 Å². The van der Waals surface area contributed by atoms with E-state index in [1.807, 2.05) is 0 Å². The van der Waals surface area contributed by atoms with E-state index in [-0.39, 0.29) is 11.9 Å². The second-order valence-corrected chi connectivity index (χ2v) is 4.42. The fraction of sp³-hybridized carbons (Fsp3) is 0.538. The summed E-state index contributed by atoms with van der Waals surface area (Å²) >= 11 is 0. The molecular weight excluding hydrogens is 259 g/mol. The van der Waals surface area contributed by atoms with Gasteiger partial charge < -0.3 is 14.8 Å². The first-order valence-corrected chi connectivity index (χ1v) is 6.19. The van der Waals surface area contributed by atoms with Crippen LogP contribution in [0.5, 0.6) is 5.75 Å². The first-order valence-electron chi connectivity index (χ1n) is 6.19. The van der Waals surface area contributed by atoms with Crippen molar-refractivity contribution < 1.29 is 22.6 Å². The highest BCUT2D eigenvalue weighted by atomic mass is 19.4. The summed E-state index contributed by atoms with van der Waals surface area (Å²) in [7, 11) is 0. The third-order valence-electron chi connectivity index (χ3n) is 2.82. The summed E-state index contributed by atoms with van der Waals surface area (Å²) in [5, 5.41) is 3.07. The van der Waals surface area contributed by atoms with E-state index in [2.05, 4.69) is 5.32 Å². The molecule has 1 atom stereocenters. The third kappa shape index (κ3) is 4.63. The Morgan fingerprint density at radius 3 is 2.79 bits per heavy atom. The van der Waals surface area contributed by atoms with Crippen molar-refractivity contribution in [1.82, 2.24) is 0 Å². The predicted molar refractivity (Wildman–Crippen MR) is 65.5 cm³/mol. The van der Waals surface area contributed by atoms with Gasteiger partial charge in [0.1, 0.15) is 5.75 Å².